The van der Waals surface area contributed by atoms with Crippen molar-refractivity contribution in [2.45, 2.75) is 39.4 Å². The monoisotopic (exact) mass is 268 g/mol. The molecular weight excluding hydrogens is 248 g/mol. The average Bonchev–Trinajstić information content (AvgIpc) is 2.70. The van der Waals surface area contributed by atoms with E-state index < -0.39 is 0 Å². The first-order valence-corrected chi connectivity index (χ1v) is 7.12. The summed E-state index contributed by atoms with van der Waals surface area (Å²) in [6, 6.07) is 1.04. The zero-order valence-corrected chi connectivity index (χ0v) is 11.9. The van der Waals surface area contributed by atoms with Crippen molar-refractivity contribution in [2.75, 3.05) is 18.4 Å². The molecule has 0 aromatic carbocycles. The van der Waals surface area contributed by atoms with Crippen LogP contribution in [-0.4, -0.2) is 41.0 Å². The Balaban J connectivity index is 1.95. The first-order valence-electron chi connectivity index (χ1n) is 6.24. The second kappa shape index (κ2) is 5.77. The third-order valence-corrected chi connectivity index (χ3v) is 3.90. The molecular formula is C12H20N4OS. The third-order valence-electron chi connectivity index (χ3n) is 3.09. The molecule has 100 valence electrons. The summed E-state index contributed by atoms with van der Waals surface area (Å²) in [5, 5.41) is 8.89. The molecule has 2 atom stereocenters. The predicted octanol–water partition coefficient (Wildman–Crippen LogP) is 1.28. The number of carbonyl (C=O) groups excluding carboxylic acids is 1. The Hall–Kier alpha value is -0.980. The molecule has 18 heavy (non-hydrogen) atoms. The fourth-order valence-corrected chi connectivity index (χ4v) is 2.86. The van der Waals surface area contributed by atoms with Gasteiger partial charge in [0.25, 0.3) is 0 Å². The van der Waals surface area contributed by atoms with Gasteiger partial charge in [-0.05, 0) is 13.8 Å². The fourth-order valence-electron chi connectivity index (χ4n) is 2.11. The molecule has 1 aliphatic heterocycles. The van der Waals surface area contributed by atoms with Crippen LogP contribution in [-0.2, 0) is 11.3 Å². The minimum absolute atomic E-state index is 0.0694. The number of thiazole rings is 1. The number of amides is 1. The molecule has 1 aliphatic rings. The van der Waals surface area contributed by atoms with E-state index in [1.54, 1.807) is 0 Å². The topological polar surface area (TPSA) is 57.3 Å². The molecule has 1 aromatic heterocycles. The normalized spacial score (nSPS) is 25.1. The van der Waals surface area contributed by atoms with Crippen LogP contribution in [0.25, 0.3) is 0 Å². The highest BCUT2D eigenvalue weighted by atomic mass is 32.1. The van der Waals surface area contributed by atoms with E-state index in [0.29, 0.717) is 17.2 Å². The van der Waals surface area contributed by atoms with Crippen molar-refractivity contribution in [3.05, 3.63) is 11.1 Å². The smallest absolute Gasteiger partial charge is 0.223 e. The third kappa shape index (κ3) is 3.51. The number of aromatic nitrogens is 1. The number of nitrogens with one attached hydrogen (secondary N) is 2. The van der Waals surface area contributed by atoms with Crippen LogP contribution in [0.5, 0.6) is 0 Å². The molecule has 6 heteroatoms. The van der Waals surface area contributed by atoms with Gasteiger partial charge in [-0.1, -0.05) is 0 Å². The molecule has 2 unspecified atom stereocenters. The van der Waals surface area contributed by atoms with Gasteiger partial charge in [0, 0.05) is 44.0 Å². The highest BCUT2D eigenvalue weighted by Gasteiger charge is 2.22. The first-order chi connectivity index (χ1) is 8.54. The minimum Gasteiger partial charge on any atom is -0.311 e. The lowest BCUT2D eigenvalue weighted by Crippen LogP contribution is -2.53. The zero-order valence-electron chi connectivity index (χ0n) is 11.1. The van der Waals surface area contributed by atoms with E-state index in [2.05, 4.69) is 34.4 Å². The van der Waals surface area contributed by atoms with E-state index in [0.717, 1.165) is 25.3 Å². The number of carbonyl (C=O) groups is 1. The van der Waals surface area contributed by atoms with Gasteiger partial charge in [0.2, 0.25) is 5.91 Å². The molecule has 2 heterocycles. The van der Waals surface area contributed by atoms with Crippen LogP contribution in [0.4, 0.5) is 5.13 Å². The van der Waals surface area contributed by atoms with Crippen molar-refractivity contribution in [1.29, 1.82) is 0 Å². The van der Waals surface area contributed by atoms with Gasteiger partial charge in [-0.15, -0.1) is 11.3 Å². The molecule has 0 spiro atoms. The van der Waals surface area contributed by atoms with Gasteiger partial charge in [-0.25, -0.2) is 4.98 Å². The molecule has 0 bridgehead atoms. The molecule has 5 nitrogen and oxygen atoms in total. The summed E-state index contributed by atoms with van der Waals surface area (Å²) < 4.78 is 0. The number of anilines is 1. The fraction of sp³-hybridized carbons (Fsp3) is 0.667. The second-order valence-corrected chi connectivity index (χ2v) is 5.77. The van der Waals surface area contributed by atoms with E-state index in [9.17, 15) is 4.79 Å². The lowest BCUT2D eigenvalue weighted by Gasteiger charge is -2.37. The van der Waals surface area contributed by atoms with Crippen LogP contribution in [0.2, 0.25) is 0 Å². The largest absolute Gasteiger partial charge is 0.311 e. The maximum atomic E-state index is 10.9. The number of rotatable bonds is 3. The van der Waals surface area contributed by atoms with Crippen molar-refractivity contribution < 1.29 is 4.79 Å². The van der Waals surface area contributed by atoms with E-state index in [1.807, 2.05) is 5.38 Å². The van der Waals surface area contributed by atoms with Gasteiger partial charge < -0.3 is 10.6 Å². The van der Waals surface area contributed by atoms with Crippen molar-refractivity contribution in [1.82, 2.24) is 15.2 Å². The molecule has 1 amide bonds. The Morgan fingerprint density at radius 2 is 2.44 bits per heavy atom. The van der Waals surface area contributed by atoms with E-state index >= 15 is 0 Å². The molecule has 1 aromatic rings. The first kappa shape index (κ1) is 13.5. The summed E-state index contributed by atoms with van der Waals surface area (Å²) >= 11 is 1.48. The molecule has 0 radical (unpaired) electrons. The minimum atomic E-state index is -0.0694. The van der Waals surface area contributed by atoms with Gasteiger partial charge in [0.15, 0.2) is 5.13 Å². The summed E-state index contributed by atoms with van der Waals surface area (Å²) in [4.78, 5) is 17.8. The summed E-state index contributed by atoms with van der Waals surface area (Å²) in [5.74, 6) is -0.0694. The molecule has 2 N–H and O–H groups in total. The Labute approximate surface area is 112 Å². The quantitative estimate of drug-likeness (QED) is 0.867. The summed E-state index contributed by atoms with van der Waals surface area (Å²) in [5.41, 5.74) is 1.03. The van der Waals surface area contributed by atoms with E-state index in [1.165, 1.54) is 18.3 Å². The Morgan fingerprint density at radius 3 is 3.17 bits per heavy atom. The predicted molar refractivity (Wildman–Crippen MR) is 73.8 cm³/mol. The maximum Gasteiger partial charge on any atom is 0.223 e. The van der Waals surface area contributed by atoms with Crippen LogP contribution in [0.1, 0.15) is 26.5 Å². The van der Waals surface area contributed by atoms with Gasteiger partial charge in [0.1, 0.15) is 0 Å². The molecule has 0 aliphatic carbocycles. The van der Waals surface area contributed by atoms with Gasteiger partial charge in [-0.2, -0.15) is 0 Å². The van der Waals surface area contributed by atoms with E-state index in [4.69, 9.17) is 0 Å². The lowest BCUT2D eigenvalue weighted by molar-refractivity contribution is -0.114. The summed E-state index contributed by atoms with van der Waals surface area (Å²) in [6.45, 7) is 8.82. The Kier molecular flexibility index (Phi) is 4.31. The number of hydrogen-bond acceptors (Lipinski definition) is 5. The summed E-state index contributed by atoms with van der Waals surface area (Å²) in [6.07, 6.45) is 0. The van der Waals surface area contributed by atoms with Crippen LogP contribution in [0.15, 0.2) is 5.38 Å². The highest BCUT2D eigenvalue weighted by Crippen LogP contribution is 2.18. The SMILES string of the molecule is CC(=O)Nc1nc(CN2CC(C)NCC2C)cs1. The standard InChI is InChI=1S/C12H20N4OS/c1-8-5-16(9(2)4-13-8)6-11-7-18-12(15-11)14-10(3)17/h7-9,13H,4-6H2,1-3H3,(H,14,15,17). The molecule has 1 fully saturated rings. The van der Waals surface area contributed by atoms with Crippen LogP contribution in [0, 0.1) is 0 Å². The zero-order chi connectivity index (χ0) is 13.1. The van der Waals surface area contributed by atoms with Crippen molar-refractivity contribution in [3.63, 3.8) is 0 Å². The number of piperazine rings is 1. The van der Waals surface area contributed by atoms with Crippen molar-refractivity contribution >= 4 is 22.4 Å². The van der Waals surface area contributed by atoms with Crippen LogP contribution < -0.4 is 10.6 Å². The van der Waals surface area contributed by atoms with Gasteiger partial charge in [0.05, 0.1) is 5.69 Å². The molecule has 2 rings (SSSR count). The van der Waals surface area contributed by atoms with Crippen molar-refractivity contribution in [3.8, 4) is 0 Å². The van der Waals surface area contributed by atoms with Gasteiger partial charge >= 0.3 is 0 Å². The number of nitrogens with zero attached hydrogens (tertiary/aromatic N) is 2. The van der Waals surface area contributed by atoms with E-state index in [-0.39, 0.29) is 5.91 Å². The summed E-state index contributed by atoms with van der Waals surface area (Å²) in [7, 11) is 0. The second-order valence-electron chi connectivity index (χ2n) is 4.91. The molecule has 1 saturated heterocycles. The van der Waals surface area contributed by atoms with Gasteiger partial charge in [-0.3, -0.25) is 9.69 Å². The maximum absolute atomic E-state index is 10.9. The Morgan fingerprint density at radius 1 is 1.67 bits per heavy atom. The molecule has 0 saturated carbocycles. The Bertz CT molecular complexity index is 420. The van der Waals surface area contributed by atoms with Crippen LogP contribution in [0.3, 0.4) is 0 Å². The number of hydrogen-bond donors (Lipinski definition) is 2. The van der Waals surface area contributed by atoms with Crippen molar-refractivity contribution in [2.24, 2.45) is 0 Å². The lowest BCUT2D eigenvalue weighted by atomic mass is 10.1. The average molecular weight is 268 g/mol. The highest BCUT2D eigenvalue weighted by molar-refractivity contribution is 7.13. The van der Waals surface area contributed by atoms with Crippen LogP contribution >= 0.6 is 11.3 Å².